The summed E-state index contributed by atoms with van der Waals surface area (Å²) < 4.78 is 0. The molecule has 0 aliphatic carbocycles. The van der Waals surface area contributed by atoms with Gasteiger partial charge in [-0.1, -0.05) is 11.8 Å². The molecule has 0 aromatic carbocycles. The van der Waals surface area contributed by atoms with Crippen molar-refractivity contribution < 1.29 is 0 Å². The number of nitrogens with zero attached hydrogens (tertiary/aromatic N) is 2. The van der Waals surface area contributed by atoms with Crippen LogP contribution in [0.1, 0.15) is 13.8 Å². The van der Waals surface area contributed by atoms with Crippen molar-refractivity contribution in [2.75, 3.05) is 0 Å². The van der Waals surface area contributed by atoms with Gasteiger partial charge < -0.3 is 5.73 Å². The lowest BCUT2D eigenvalue weighted by Crippen LogP contribution is -2.28. The summed E-state index contributed by atoms with van der Waals surface area (Å²) in [6.45, 7) is 3.96. The van der Waals surface area contributed by atoms with Crippen LogP contribution in [0.3, 0.4) is 0 Å². The molecule has 2 unspecified atom stereocenters. The highest BCUT2D eigenvalue weighted by molar-refractivity contribution is 8.04. The first kappa shape index (κ1) is 7.86. The van der Waals surface area contributed by atoms with Gasteiger partial charge in [-0.05, 0) is 19.9 Å². The van der Waals surface area contributed by atoms with E-state index in [0.717, 1.165) is 16.6 Å². The Kier molecular flexibility index (Phi) is 1.72. The second-order valence-corrected chi connectivity index (χ2v) is 4.24. The van der Waals surface area contributed by atoms with Crippen LogP contribution in [0.15, 0.2) is 21.1 Å². The van der Waals surface area contributed by atoms with Gasteiger partial charge >= 0.3 is 0 Å². The molecule has 0 aromatic heterocycles. The van der Waals surface area contributed by atoms with Crippen LogP contribution >= 0.6 is 11.8 Å². The Morgan fingerprint density at radius 3 is 3.00 bits per heavy atom. The van der Waals surface area contributed by atoms with Crippen molar-refractivity contribution in [2.24, 2.45) is 15.7 Å². The number of thioether (sulfide) groups is 1. The van der Waals surface area contributed by atoms with Crippen LogP contribution in [0.4, 0.5) is 0 Å². The fourth-order valence-corrected chi connectivity index (χ4v) is 2.53. The Morgan fingerprint density at radius 1 is 1.50 bits per heavy atom. The summed E-state index contributed by atoms with van der Waals surface area (Å²) in [5.74, 6) is 0.861. The number of rotatable bonds is 0. The molecule has 2 aliphatic rings. The first-order valence-corrected chi connectivity index (χ1v) is 4.78. The third kappa shape index (κ3) is 1.16. The molecule has 2 rings (SSSR count). The van der Waals surface area contributed by atoms with E-state index in [0.29, 0.717) is 5.25 Å². The van der Waals surface area contributed by atoms with Gasteiger partial charge in [0.05, 0.1) is 16.3 Å². The van der Waals surface area contributed by atoms with Crippen molar-refractivity contribution in [3.05, 3.63) is 11.1 Å². The van der Waals surface area contributed by atoms with Gasteiger partial charge in [0.1, 0.15) is 5.84 Å². The summed E-state index contributed by atoms with van der Waals surface area (Å²) in [7, 11) is 0. The molecule has 2 N–H and O–H groups in total. The lowest BCUT2D eigenvalue weighted by Gasteiger charge is -2.19. The summed E-state index contributed by atoms with van der Waals surface area (Å²) in [5, 5.41) is 1.23. The largest absolute Gasteiger partial charge is 0.394 e. The van der Waals surface area contributed by atoms with E-state index in [2.05, 4.69) is 9.98 Å². The molecule has 0 radical (unpaired) electrons. The van der Waals surface area contributed by atoms with Crippen molar-refractivity contribution in [3.63, 3.8) is 0 Å². The highest BCUT2D eigenvalue weighted by Crippen LogP contribution is 2.33. The summed E-state index contributed by atoms with van der Waals surface area (Å²) in [6, 6.07) is 0.229. The molecule has 64 valence electrons. The second-order valence-electron chi connectivity index (χ2n) is 3.03. The third-order valence-corrected chi connectivity index (χ3v) is 3.28. The number of nitrogens with two attached hydrogens (primary N) is 1. The van der Waals surface area contributed by atoms with Gasteiger partial charge in [0.25, 0.3) is 0 Å². The van der Waals surface area contributed by atoms with E-state index in [1.807, 2.05) is 19.9 Å². The maximum atomic E-state index is 5.70. The lowest BCUT2D eigenvalue weighted by molar-refractivity contribution is 0.866. The van der Waals surface area contributed by atoms with Crippen LogP contribution < -0.4 is 5.73 Å². The van der Waals surface area contributed by atoms with Gasteiger partial charge in [-0.25, -0.2) is 4.99 Å². The lowest BCUT2D eigenvalue weighted by atomic mass is 10.1. The molecular weight excluding hydrogens is 170 g/mol. The highest BCUT2D eigenvalue weighted by Gasteiger charge is 2.31. The number of hydrogen-bond acceptors (Lipinski definition) is 4. The SMILES string of the molecule is CC1=NC2C=C(N)SC2C(C)=N1. The summed E-state index contributed by atoms with van der Waals surface area (Å²) in [4.78, 5) is 8.71. The number of hydrogen-bond donors (Lipinski definition) is 1. The number of amidine groups is 1. The molecule has 0 amide bonds. The van der Waals surface area contributed by atoms with Gasteiger partial charge in [-0.3, -0.25) is 4.99 Å². The molecule has 0 saturated heterocycles. The highest BCUT2D eigenvalue weighted by atomic mass is 32.2. The fraction of sp³-hybridized carbons (Fsp3) is 0.500. The number of fused-ring (bicyclic) bond motifs is 1. The first-order chi connectivity index (χ1) is 5.66. The van der Waals surface area contributed by atoms with Crippen molar-refractivity contribution in [3.8, 4) is 0 Å². The van der Waals surface area contributed by atoms with E-state index < -0.39 is 0 Å². The molecule has 0 saturated carbocycles. The fourth-order valence-electron chi connectivity index (χ4n) is 1.51. The summed E-state index contributed by atoms with van der Waals surface area (Å²) >= 11 is 1.66. The maximum Gasteiger partial charge on any atom is 0.120 e. The first-order valence-electron chi connectivity index (χ1n) is 3.90. The van der Waals surface area contributed by atoms with E-state index in [1.165, 1.54) is 0 Å². The summed E-state index contributed by atoms with van der Waals surface area (Å²) in [6.07, 6.45) is 2.01. The standard InChI is InChI=1S/C8H11N3S/c1-4-8-6(3-7(9)12-8)11-5(2)10-4/h3,6,8H,9H2,1-2H3. The zero-order valence-electron chi connectivity index (χ0n) is 7.11. The Bertz CT molecular complexity index is 303. The van der Waals surface area contributed by atoms with Gasteiger partial charge in [0.2, 0.25) is 0 Å². The van der Waals surface area contributed by atoms with Crippen LogP contribution in [0.25, 0.3) is 0 Å². The van der Waals surface area contributed by atoms with Crippen LogP contribution in [0, 0.1) is 0 Å². The van der Waals surface area contributed by atoms with E-state index >= 15 is 0 Å². The Morgan fingerprint density at radius 2 is 2.25 bits per heavy atom. The third-order valence-electron chi connectivity index (χ3n) is 1.99. The van der Waals surface area contributed by atoms with Gasteiger partial charge in [-0.2, -0.15) is 0 Å². The molecule has 2 aliphatic heterocycles. The molecule has 2 atom stereocenters. The molecule has 0 spiro atoms. The van der Waals surface area contributed by atoms with E-state index in [9.17, 15) is 0 Å². The van der Waals surface area contributed by atoms with Crippen molar-refractivity contribution in [1.82, 2.24) is 0 Å². The van der Waals surface area contributed by atoms with Crippen molar-refractivity contribution in [1.29, 1.82) is 0 Å². The molecule has 4 heteroatoms. The summed E-state index contributed by atoms with van der Waals surface area (Å²) in [5.41, 5.74) is 6.84. The normalized spacial score (nSPS) is 33.7. The van der Waals surface area contributed by atoms with Crippen molar-refractivity contribution >= 4 is 23.3 Å². The monoisotopic (exact) mass is 181 g/mol. The van der Waals surface area contributed by atoms with Gasteiger partial charge in [0.15, 0.2) is 0 Å². The van der Waals surface area contributed by atoms with E-state index in [1.54, 1.807) is 11.8 Å². The smallest absolute Gasteiger partial charge is 0.120 e. The molecule has 0 fully saturated rings. The quantitative estimate of drug-likeness (QED) is 0.609. The Balaban J connectivity index is 2.33. The Hall–Kier alpha value is -0.770. The zero-order valence-corrected chi connectivity index (χ0v) is 7.93. The minimum Gasteiger partial charge on any atom is -0.394 e. The molecule has 12 heavy (non-hydrogen) atoms. The minimum absolute atomic E-state index is 0.229. The molecule has 2 heterocycles. The van der Waals surface area contributed by atoms with Gasteiger partial charge in [0, 0.05) is 5.71 Å². The van der Waals surface area contributed by atoms with E-state index in [-0.39, 0.29) is 6.04 Å². The topological polar surface area (TPSA) is 50.7 Å². The van der Waals surface area contributed by atoms with Crippen molar-refractivity contribution in [2.45, 2.75) is 25.1 Å². The predicted octanol–water partition coefficient (Wildman–Crippen LogP) is 1.16. The molecular formula is C8H11N3S. The second kappa shape index (κ2) is 2.62. The maximum absolute atomic E-state index is 5.70. The van der Waals surface area contributed by atoms with Crippen LogP contribution in [-0.4, -0.2) is 22.8 Å². The molecule has 0 bridgehead atoms. The number of aliphatic imine (C=N–C) groups is 2. The minimum atomic E-state index is 0.229. The average molecular weight is 181 g/mol. The van der Waals surface area contributed by atoms with E-state index in [4.69, 9.17) is 5.73 Å². The van der Waals surface area contributed by atoms with Crippen LogP contribution in [-0.2, 0) is 0 Å². The predicted molar refractivity (Wildman–Crippen MR) is 53.7 cm³/mol. The Labute approximate surface area is 75.8 Å². The van der Waals surface area contributed by atoms with Crippen LogP contribution in [0.2, 0.25) is 0 Å². The van der Waals surface area contributed by atoms with Crippen LogP contribution in [0.5, 0.6) is 0 Å². The average Bonchev–Trinajstić information content (AvgIpc) is 2.29. The molecule has 3 nitrogen and oxygen atoms in total. The molecule has 0 aromatic rings. The zero-order chi connectivity index (χ0) is 8.72. The van der Waals surface area contributed by atoms with Gasteiger partial charge in [-0.15, -0.1) is 0 Å².